The van der Waals surface area contributed by atoms with Crippen molar-refractivity contribution in [2.24, 2.45) is 0 Å². The Hall–Kier alpha value is -2.57. The van der Waals surface area contributed by atoms with Gasteiger partial charge in [-0.3, -0.25) is 0 Å². The van der Waals surface area contributed by atoms with Crippen LogP contribution in [0.4, 0.5) is 10.1 Å². The average Bonchev–Trinajstić information content (AvgIpc) is 2.59. The topological polar surface area (TPSA) is 27.0 Å². The first-order chi connectivity index (χ1) is 12.2. The van der Waals surface area contributed by atoms with Crippen LogP contribution in [0.25, 0.3) is 17.2 Å². The van der Waals surface area contributed by atoms with Gasteiger partial charge in [-0.05, 0) is 67.8 Å². The number of fused-ring (bicyclic) bond motifs is 1. The summed E-state index contributed by atoms with van der Waals surface area (Å²) in [6.07, 6.45) is 3.98. The number of likely N-dealkylation sites (N-methyl/N-ethyl adjacent to an activating group) is 1. The van der Waals surface area contributed by atoms with E-state index in [9.17, 15) is 9.65 Å². The van der Waals surface area contributed by atoms with E-state index in [2.05, 4.69) is 37.8 Å². The highest BCUT2D eigenvalue weighted by atomic mass is 35.5. The molecule has 132 valence electrons. The molecule has 0 spiro atoms. The Balaban J connectivity index is 2.12. The van der Waals surface area contributed by atoms with E-state index in [-0.39, 0.29) is 11.4 Å². The summed E-state index contributed by atoms with van der Waals surface area (Å²) < 4.78 is 13.1. The third-order valence-corrected chi connectivity index (χ3v) is 5.24. The first-order valence-corrected chi connectivity index (χ1v) is 8.75. The maximum absolute atomic E-state index is 13.1. The summed E-state index contributed by atoms with van der Waals surface area (Å²) in [5.41, 5.74) is 5.12. The highest BCUT2D eigenvalue weighted by Gasteiger charge is 2.29. The smallest absolute Gasteiger partial charge is 0.123 e. The Bertz CT molecular complexity index is 963. The first kappa shape index (κ1) is 18.2. The molecular formula is C22H20ClFN2. The van der Waals surface area contributed by atoms with Gasteiger partial charge in [-0.1, -0.05) is 29.8 Å². The lowest BCUT2D eigenvalue weighted by molar-refractivity contribution is 0.598. The fraction of sp³-hybridized carbons (Fsp3) is 0.227. The molecule has 3 rings (SSSR count). The van der Waals surface area contributed by atoms with Gasteiger partial charge in [0.05, 0.1) is 17.2 Å². The summed E-state index contributed by atoms with van der Waals surface area (Å²) in [7, 11) is 2.05. The first-order valence-electron chi connectivity index (χ1n) is 8.38. The molecule has 0 saturated carbocycles. The standard InChI is InChI=1S/C22H20ClFN2/c1-14-12-22(2,3)26(4)21-11-20(23)16(10-19(14)21)9-17(13-25)15-5-7-18(24)8-6-15/h5-12H,1-4H3/b17-9-. The van der Waals surface area contributed by atoms with Crippen molar-refractivity contribution in [3.05, 3.63) is 70.0 Å². The second-order valence-electron chi connectivity index (χ2n) is 7.11. The number of nitrogens with zero attached hydrogens (tertiary/aromatic N) is 2. The zero-order valence-corrected chi connectivity index (χ0v) is 16.0. The number of anilines is 1. The van der Waals surface area contributed by atoms with Gasteiger partial charge >= 0.3 is 0 Å². The summed E-state index contributed by atoms with van der Waals surface area (Å²) in [5.74, 6) is -0.329. The van der Waals surface area contributed by atoms with E-state index in [0.717, 1.165) is 16.8 Å². The number of rotatable bonds is 2. The molecule has 0 amide bonds. The number of halogens is 2. The summed E-state index contributed by atoms with van der Waals surface area (Å²) in [6.45, 7) is 6.40. The molecule has 4 heteroatoms. The number of nitriles is 1. The van der Waals surface area contributed by atoms with Crippen molar-refractivity contribution in [3.8, 4) is 6.07 Å². The van der Waals surface area contributed by atoms with Crippen molar-refractivity contribution < 1.29 is 4.39 Å². The van der Waals surface area contributed by atoms with Gasteiger partial charge < -0.3 is 4.90 Å². The molecule has 0 saturated heterocycles. The fourth-order valence-corrected chi connectivity index (χ4v) is 3.48. The maximum atomic E-state index is 13.1. The van der Waals surface area contributed by atoms with Crippen LogP contribution in [0, 0.1) is 17.1 Å². The van der Waals surface area contributed by atoms with Crippen molar-refractivity contribution >= 4 is 34.5 Å². The highest BCUT2D eigenvalue weighted by Crippen LogP contribution is 2.41. The molecule has 0 fully saturated rings. The van der Waals surface area contributed by atoms with Gasteiger partial charge in [0.15, 0.2) is 0 Å². The predicted molar refractivity (Wildman–Crippen MR) is 107 cm³/mol. The Morgan fingerprint density at radius 2 is 1.88 bits per heavy atom. The van der Waals surface area contributed by atoms with Crippen LogP contribution in [0.1, 0.15) is 37.5 Å². The predicted octanol–water partition coefficient (Wildman–Crippen LogP) is 6.17. The maximum Gasteiger partial charge on any atom is 0.123 e. The fourth-order valence-electron chi connectivity index (χ4n) is 3.26. The monoisotopic (exact) mass is 366 g/mol. The minimum atomic E-state index is -0.329. The Kier molecular flexibility index (Phi) is 4.64. The average molecular weight is 367 g/mol. The largest absolute Gasteiger partial charge is 0.365 e. The van der Waals surface area contributed by atoms with Crippen LogP contribution in [-0.2, 0) is 0 Å². The van der Waals surface area contributed by atoms with Gasteiger partial charge in [-0.2, -0.15) is 5.26 Å². The highest BCUT2D eigenvalue weighted by molar-refractivity contribution is 6.32. The number of hydrogen-bond acceptors (Lipinski definition) is 2. The number of hydrogen-bond donors (Lipinski definition) is 0. The molecule has 2 aromatic carbocycles. The van der Waals surface area contributed by atoms with Gasteiger partial charge in [-0.15, -0.1) is 0 Å². The molecule has 0 aliphatic carbocycles. The van der Waals surface area contributed by atoms with Crippen LogP contribution < -0.4 is 4.90 Å². The molecule has 0 unspecified atom stereocenters. The lowest BCUT2D eigenvalue weighted by Crippen LogP contribution is -2.42. The van der Waals surface area contributed by atoms with Crippen LogP contribution in [-0.4, -0.2) is 12.6 Å². The summed E-state index contributed by atoms with van der Waals surface area (Å²) in [6, 6.07) is 12.0. The van der Waals surface area contributed by atoms with Crippen molar-refractivity contribution in [2.45, 2.75) is 26.3 Å². The minimum absolute atomic E-state index is 0.0936. The van der Waals surface area contributed by atoms with E-state index < -0.39 is 0 Å². The summed E-state index contributed by atoms with van der Waals surface area (Å²) in [5, 5.41) is 10.1. The number of allylic oxidation sites excluding steroid dienone is 2. The van der Waals surface area contributed by atoms with Gasteiger partial charge in [0.2, 0.25) is 0 Å². The molecule has 2 aromatic rings. The van der Waals surface area contributed by atoms with E-state index in [4.69, 9.17) is 11.6 Å². The van der Waals surface area contributed by atoms with Crippen molar-refractivity contribution in [1.82, 2.24) is 0 Å². The van der Waals surface area contributed by atoms with Crippen molar-refractivity contribution in [1.29, 1.82) is 5.26 Å². The second kappa shape index (κ2) is 6.63. The molecule has 2 nitrogen and oxygen atoms in total. The second-order valence-corrected chi connectivity index (χ2v) is 7.51. The van der Waals surface area contributed by atoms with Crippen LogP contribution >= 0.6 is 11.6 Å². The molecule has 0 N–H and O–H groups in total. The molecule has 1 aliphatic heterocycles. The molecule has 0 radical (unpaired) electrons. The van der Waals surface area contributed by atoms with Gasteiger partial charge in [-0.25, -0.2) is 4.39 Å². The zero-order valence-electron chi connectivity index (χ0n) is 15.3. The Labute approximate surface area is 158 Å². The van der Waals surface area contributed by atoms with Crippen molar-refractivity contribution in [3.63, 3.8) is 0 Å². The van der Waals surface area contributed by atoms with Crippen LogP contribution in [0.15, 0.2) is 42.5 Å². The molecular weight excluding hydrogens is 347 g/mol. The van der Waals surface area contributed by atoms with Crippen LogP contribution in [0.5, 0.6) is 0 Å². The Morgan fingerprint density at radius 3 is 2.50 bits per heavy atom. The minimum Gasteiger partial charge on any atom is -0.365 e. The van der Waals surface area contributed by atoms with E-state index in [1.165, 1.54) is 17.7 Å². The van der Waals surface area contributed by atoms with E-state index in [1.54, 1.807) is 18.2 Å². The van der Waals surface area contributed by atoms with Gasteiger partial charge in [0.25, 0.3) is 0 Å². The molecule has 0 atom stereocenters. The lowest BCUT2D eigenvalue weighted by Gasteiger charge is -2.40. The molecule has 0 bridgehead atoms. The Morgan fingerprint density at radius 1 is 1.23 bits per heavy atom. The van der Waals surface area contributed by atoms with E-state index >= 15 is 0 Å². The van der Waals surface area contributed by atoms with Crippen LogP contribution in [0.2, 0.25) is 5.02 Å². The number of benzene rings is 2. The van der Waals surface area contributed by atoms with Crippen molar-refractivity contribution in [2.75, 3.05) is 11.9 Å². The third-order valence-electron chi connectivity index (χ3n) is 4.91. The van der Waals surface area contributed by atoms with E-state index in [0.29, 0.717) is 16.2 Å². The van der Waals surface area contributed by atoms with Gasteiger partial charge in [0.1, 0.15) is 5.82 Å². The molecule has 26 heavy (non-hydrogen) atoms. The molecule has 0 aromatic heterocycles. The third kappa shape index (κ3) is 3.25. The molecule has 1 heterocycles. The lowest BCUT2D eigenvalue weighted by atomic mass is 9.88. The summed E-state index contributed by atoms with van der Waals surface area (Å²) >= 11 is 6.52. The van der Waals surface area contributed by atoms with Crippen LogP contribution in [0.3, 0.4) is 0 Å². The molecule has 1 aliphatic rings. The SMILES string of the molecule is CC1=CC(C)(C)N(C)c2cc(Cl)c(/C=C(/C#N)c3ccc(F)cc3)cc21. The quantitative estimate of drug-likeness (QED) is 0.469. The summed E-state index contributed by atoms with van der Waals surface area (Å²) in [4.78, 5) is 2.19. The van der Waals surface area contributed by atoms with Gasteiger partial charge in [0, 0.05) is 23.3 Å². The normalized spacial score (nSPS) is 16.0. The zero-order chi connectivity index (χ0) is 19.1. The van der Waals surface area contributed by atoms with E-state index in [1.807, 2.05) is 19.2 Å².